The van der Waals surface area contributed by atoms with Crippen molar-refractivity contribution in [1.82, 2.24) is 0 Å². The quantitative estimate of drug-likeness (QED) is 0.0865. The molecule has 0 atom stereocenters. The Bertz CT molecular complexity index is 1460. The molecule has 0 aromatic heterocycles. The Morgan fingerprint density at radius 1 is 0.512 bits per heavy atom. The summed E-state index contributed by atoms with van der Waals surface area (Å²) in [4.78, 5) is 0. The van der Waals surface area contributed by atoms with Crippen LogP contribution in [-0.2, 0) is 0 Å². The highest BCUT2D eigenvalue weighted by molar-refractivity contribution is 5.90. The van der Waals surface area contributed by atoms with E-state index in [4.69, 9.17) is 9.47 Å². The fourth-order valence-corrected chi connectivity index (χ4v) is 4.59. The van der Waals surface area contributed by atoms with Crippen molar-refractivity contribution in [1.29, 1.82) is 10.5 Å². The molecule has 0 fully saturated rings. The van der Waals surface area contributed by atoms with Crippen LogP contribution in [0.2, 0.25) is 0 Å². The third kappa shape index (κ3) is 10.1. The first-order chi connectivity index (χ1) is 21.0. The van der Waals surface area contributed by atoms with Gasteiger partial charge >= 0.3 is 0 Å². The number of hydrogen-bond acceptors (Lipinski definition) is 4. The molecule has 0 aliphatic carbocycles. The monoisotopic (exact) mass is 566 g/mol. The molecule has 0 amide bonds. The molecule has 0 unspecified atom stereocenters. The molecule has 0 N–H and O–H groups in total. The maximum atomic E-state index is 9.62. The summed E-state index contributed by atoms with van der Waals surface area (Å²) in [5, 5.41) is 19.2. The summed E-state index contributed by atoms with van der Waals surface area (Å²) in [7, 11) is 0. The molecule has 0 radical (unpaired) electrons. The molecule has 4 heteroatoms. The van der Waals surface area contributed by atoms with E-state index in [1.54, 1.807) is 0 Å². The predicted molar refractivity (Wildman–Crippen MR) is 176 cm³/mol. The van der Waals surface area contributed by atoms with Gasteiger partial charge in [0.2, 0.25) is 0 Å². The SMILES string of the molecule is Cc1ccc(/C=C(\C#N)c2ccc(OCCCCCCCOc3ccc(/C(C#N)=C\c4ccc(C)cc4)cc3)cc2)cc1. The van der Waals surface area contributed by atoms with E-state index in [-0.39, 0.29) is 0 Å². The van der Waals surface area contributed by atoms with Crippen molar-refractivity contribution in [2.45, 2.75) is 46.0 Å². The van der Waals surface area contributed by atoms with Gasteiger partial charge in [-0.25, -0.2) is 0 Å². The Morgan fingerprint density at radius 2 is 0.860 bits per heavy atom. The fourth-order valence-electron chi connectivity index (χ4n) is 4.59. The van der Waals surface area contributed by atoms with Crippen LogP contribution >= 0.6 is 0 Å². The maximum absolute atomic E-state index is 9.62. The summed E-state index contributed by atoms with van der Waals surface area (Å²) in [6.07, 6.45) is 9.16. The van der Waals surface area contributed by atoms with Crippen LogP contribution < -0.4 is 9.47 Å². The van der Waals surface area contributed by atoms with Crippen molar-refractivity contribution >= 4 is 23.3 Å². The number of rotatable bonds is 14. The van der Waals surface area contributed by atoms with E-state index in [0.717, 1.165) is 65.9 Å². The Hall–Kier alpha value is -5.06. The molecule has 4 aromatic rings. The summed E-state index contributed by atoms with van der Waals surface area (Å²) >= 11 is 0. The van der Waals surface area contributed by atoms with Crippen molar-refractivity contribution in [3.8, 4) is 23.6 Å². The smallest absolute Gasteiger partial charge is 0.119 e. The largest absolute Gasteiger partial charge is 0.494 e. The van der Waals surface area contributed by atoms with Crippen LogP contribution in [0.5, 0.6) is 11.5 Å². The van der Waals surface area contributed by atoms with Crippen LogP contribution in [0.4, 0.5) is 0 Å². The van der Waals surface area contributed by atoms with Gasteiger partial charge in [-0.2, -0.15) is 10.5 Å². The summed E-state index contributed by atoms with van der Waals surface area (Å²) in [5.74, 6) is 1.65. The average molecular weight is 567 g/mol. The van der Waals surface area contributed by atoms with Gasteiger partial charge < -0.3 is 9.47 Å². The molecule has 0 aliphatic rings. The molecular weight excluding hydrogens is 528 g/mol. The third-order valence-electron chi connectivity index (χ3n) is 7.17. The van der Waals surface area contributed by atoms with Crippen molar-refractivity contribution in [2.75, 3.05) is 13.2 Å². The lowest BCUT2D eigenvalue weighted by atomic mass is 10.0. The van der Waals surface area contributed by atoms with Crippen molar-refractivity contribution in [2.24, 2.45) is 0 Å². The van der Waals surface area contributed by atoms with Gasteiger partial charge in [0, 0.05) is 0 Å². The molecule has 4 rings (SSSR count). The average Bonchev–Trinajstić information content (AvgIpc) is 3.04. The number of allylic oxidation sites excluding steroid dienone is 2. The van der Waals surface area contributed by atoms with E-state index in [9.17, 15) is 10.5 Å². The normalized spacial score (nSPS) is 11.4. The first kappa shape index (κ1) is 30.9. The van der Waals surface area contributed by atoms with E-state index in [0.29, 0.717) is 24.4 Å². The lowest BCUT2D eigenvalue weighted by Gasteiger charge is -2.08. The number of aryl methyl sites for hydroxylation is 2. The zero-order valence-electron chi connectivity index (χ0n) is 25.1. The highest BCUT2D eigenvalue weighted by atomic mass is 16.5. The van der Waals surface area contributed by atoms with Gasteiger partial charge in [0.25, 0.3) is 0 Å². The number of nitriles is 2. The molecule has 4 aromatic carbocycles. The van der Waals surface area contributed by atoms with Gasteiger partial charge in [-0.05, 0) is 110 Å². The minimum Gasteiger partial charge on any atom is -0.494 e. The van der Waals surface area contributed by atoms with Crippen molar-refractivity contribution < 1.29 is 9.47 Å². The lowest BCUT2D eigenvalue weighted by molar-refractivity contribution is 0.293. The topological polar surface area (TPSA) is 66.0 Å². The maximum Gasteiger partial charge on any atom is 0.119 e. The zero-order valence-corrected chi connectivity index (χ0v) is 25.1. The lowest BCUT2D eigenvalue weighted by Crippen LogP contribution is -1.99. The van der Waals surface area contributed by atoms with Gasteiger partial charge in [0.15, 0.2) is 0 Å². The molecule has 0 bridgehead atoms. The standard InChI is InChI=1S/C39H38N2O2/c1-30-8-12-32(13-9-30)26-36(28-40)34-16-20-38(21-17-34)42-24-6-4-3-5-7-25-43-39-22-18-35(19-23-39)37(29-41)27-33-14-10-31(2)11-15-33/h8-23,26-27H,3-7,24-25H2,1-2H3/b36-26-,37-27+. The van der Waals surface area contributed by atoms with Crippen LogP contribution in [0.3, 0.4) is 0 Å². The Kier molecular flexibility index (Phi) is 11.8. The minimum absolute atomic E-state index is 0.635. The molecular formula is C39H38N2O2. The molecule has 0 saturated heterocycles. The molecule has 0 spiro atoms. The third-order valence-corrected chi connectivity index (χ3v) is 7.17. The highest BCUT2D eigenvalue weighted by Gasteiger charge is 2.04. The van der Waals surface area contributed by atoms with Crippen LogP contribution in [-0.4, -0.2) is 13.2 Å². The fraction of sp³-hybridized carbons (Fsp3) is 0.231. The van der Waals surface area contributed by atoms with Crippen LogP contribution in [0.25, 0.3) is 23.3 Å². The first-order valence-corrected chi connectivity index (χ1v) is 14.9. The second-order valence-electron chi connectivity index (χ2n) is 10.7. The molecule has 43 heavy (non-hydrogen) atoms. The zero-order chi connectivity index (χ0) is 30.3. The second-order valence-corrected chi connectivity index (χ2v) is 10.7. The highest BCUT2D eigenvalue weighted by Crippen LogP contribution is 2.23. The summed E-state index contributed by atoms with van der Waals surface area (Å²) < 4.78 is 11.8. The van der Waals surface area contributed by atoms with Crippen LogP contribution in [0.15, 0.2) is 97.1 Å². The predicted octanol–water partition coefficient (Wildman–Crippen LogP) is 9.84. The number of nitrogens with zero attached hydrogens (tertiary/aromatic N) is 2. The second kappa shape index (κ2) is 16.4. The molecule has 4 nitrogen and oxygen atoms in total. The van der Waals surface area contributed by atoms with Gasteiger partial charge in [-0.1, -0.05) is 78.9 Å². The molecule has 0 aliphatic heterocycles. The number of benzene rings is 4. The first-order valence-electron chi connectivity index (χ1n) is 14.9. The van der Waals surface area contributed by atoms with Crippen LogP contribution in [0.1, 0.15) is 65.5 Å². The van der Waals surface area contributed by atoms with Crippen LogP contribution in [0, 0.1) is 36.5 Å². The molecule has 216 valence electrons. The van der Waals surface area contributed by atoms with E-state index < -0.39 is 0 Å². The van der Waals surface area contributed by atoms with E-state index in [1.165, 1.54) is 11.1 Å². The minimum atomic E-state index is 0.635. The Morgan fingerprint density at radius 3 is 1.21 bits per heavy atom. The van der Waals surface area contributed by atoms with Gasteiger partial charge in [0.1, 0.15) is 11.5 Å². The summed E-state index contributed by atoms with van der Waals surface area (Å²) in [6.45, 7) is 5.45. The number of unbranched alkanes of at least 4 members (excludes halogenated alkanes) is 4. The van der Waals surface area contributed by atoms with Gasteiger partial charge in [0.05, 0.1) is 36.5 Å². The molecule has 0 saturated carbocycles. The van der Waals surface area contributed by atoms with E-state index in [2.05, 4.69) is 26.0 Å². The van der Waals surface area contributed by atoms with Gasteiger partial charge in [-0.15, -0.1) is 0 Å². The Labute approximate surface area is 256 Å². The van der Waals surface area contributed by atoms with Crippen molar-refractivity contribution in [3.63, 3.8) is 0 Å². The summed E-state index contributed by atoms with van der Waals surface area (Å²) in [5.41, 5.74) is 7.46. The summed E-state index contributed by atoms with van der Waals surface area (Å²) in [6, 6.07) is 36.4. The molecule has 0 heterocycles. The van der Waals surface area contributed by atoms with Gasteiger partial charge in [-0.3, -0.25) is 0 Å². The number of hydrogen-bond donors (Lipinski definition) is 0. The van der Waals surface area contributed by atoms with Crippen molar-refractivity contribution in [3.05, 3.63) is 130 Å². The Balaban J connectivity index is 1.10. The van der Waals surface area contributed by atoms with E-state index in [1.807, 2.05) is 109 Å². The number of ether oxygens (including phenoxy) is 2. The van der Waals surface area contributed by atoms with E-state index >= 15 is 0 Å².